The molecule has 1 radical (unpaired) electrons. The fourth-order valence-electron chi connectivity index (χ4n) is 1.35. The summed E-state index contributed by atoms with van der Waals surface area (Å²) in [6.45, 7) is -0.365. The van der Waals surface area contributed by atoms with E-state index in [-0.39, 0.29) is 12.4 Å². The van der Waals surface area contributed by atoms with Crippen molar-refractivity contribution in [3.63, 3.8) is 0 Å². The fourth-order valence-corrected chi connectivity index (χ4v) is 1.57. The molecule has 0 saturated carbocycles. The quantitative estimate of drug-likeness (QED) is 0.804. The summed E-state index contributed by atoms with van der Waals surface area (Å²) in [6, 6.07) is 10.5. The summed E-state index contributed by atoms with van der Waals surface area (Å²) in [5.41, 5.74) is 0.526. The van der Waals surface area contributed by atoms with Gasteiger partial charge in [0, 0.05) is 5.02 Å². The molecule has 0 amide bonds. The van der Waals surface area contributed by atoms with Gasteiger partial charge in [-0.1, -0.05) is 17.7 Å². The van der Waals surface area contributed by atoms with Gasteiger partial charge in [-0.25, -0.2) is 9.50 Å². The second kappa shape index (κ2) is 5.17. The summed E-state index contributed by atoms with van der Waals surface area (Å²) >= 11 is 5.88. The van der Waals surface area contributed by atoms with Crippen LogP contribution >= 0.6 is 11.6 Å². The van der Waals surface area contributed by atoms with Gasteiger partial charge in [0.05, 0.1) is 0 Å². The van der Waals surface area contributed by atoms with E-state index >= 15 is 0 Å². The lowest BCUT2D eigenvalue weighted by Crippen LogP contribution is -1.87. The summed E-state index contributed by atoms with van der Waals surface area (Å²) in [5.74, 6) is 0.702. The molecule has 0 heterocycles. The van der Waals surface area contributed by atoms with E-state index in [0.717, 1.165) is 0 Å². The number of hydrogen-bond donors (Lipinski definition) is 0. The van der Waals surface area contributed by atoms with Crippen molar-refractivity contribution in [1.29, 1.82) is 0 Å². The third kappa shape index (κ3) is 2.96. The van der Waals surface area contributed by atoms with E-state index in [4.69, 9.17) is 16.3 Å². The molecular formula is C13H9ClFO2. The maximum Gasteiger partial charge on any atom is 0.128 e. The Labute approximate surface area is 103 Å². The first-order valence-corrected chi connectivity index (χ1v) is 5.37. The van der Waals surface area contributed by atoms with Gasteiger partial charge in [0.1, 0.15) is 23.9 Å². The maximum atomic E-state index is 12.7. The molecule has 0 aliphatic rings. The molecule has 0 saturated heterocycles. The van der Waals surface area contributed by atoms with Gasteiger partial charge in [0.15, 0.2) is 0 Å². The highest BCUT2D eigenvalue weighted by Gasteiger charge is 2.03. The van der Waals surface area contributed by atoms with Gasteiger partial charge in [0.25, 0.3) is 0 Å². The molecule has 0 bridgehead atoms. The van der Waals surface area contributed by atoms with Crippen LogP contribution in [0.3, 0.4) is 0 Å². The zero-order chi connectivity index (χ0) is 12.3. The topological polar surface area (TPSA) is 29.1 Å². The van der Waals surface area contributed by atoms with E-state index in [1.165, 1.54) is 24.3 Å². The molecule has 2 rings (SSSR count). The van der Waals surface area contributed by atoms with Gasteiger partial charge >= 0.3 is 0 Å². The van der Waals surface area contributed by atoms with Crippen LogP contribution in [-0.2, 0) is 11.7 Å². The van der Waals surface area contributed by atoms with Crippen molar-refractivity contribution in [3.05, 3.63) is 58.9 Å². The SMILES string of the molecule is [O]Cc1ccc(Oc2ccc(F)cc2)cc1Cl. The van der Waals surface area contributed by atoms with Crippen LogP contribution in [0.25, 0.3) is 0 Å². The second-order valence-corrected chi connectivity index (χ2v) is 3.86. The molecule has 0 aliphatic carbocycles. The Morgan fingerprint density at radius 3 is 2.29 bits per heavy atom. The van der Waals surface area contributed by atoms with Gasteiger partial charge in [-0.3, -0.25) is 0 Å². The average Bonchev–Trinajstić information content (AvgIpc) is 2.32. The van der Waals surface area contributed by atoms with Gasteiger partial charge in [-0.05, 0) is 42.0 Å². The first-order valence-electron chi connectivity index (χ1n) is 4.99. The molecule has 17 heavy (non-hydrogen) atoms. The van der Waals surface area contributed by atoms with E-state index in [2.05, 4.69) is 0 Å². The number of hydrogen-bond acceptors (Lipinski definition) is 1. The van der Waals surface area contributed by atoms with Crippen molar-refractivity contribution in [3.8, 4) is 11.5 Å². The highest BCUT2D eigenvalue weighted by atomic mass is 35.5. The summed E-state index contributed by atoms with van der Waals surface area (Å²) < 4.78 is 18.1. The number of halogens is 2. The molecule has 0 N–H and O–H groups in total. The van der Waals surface area contributed by atoms with Gasteiger partial charge in [0.2, 0.25) is 0 Å². The molecule has 0 fully saturated rings. The Balaban J connectivity index is 2.19. The number of rotatable bonds is 3. The monoisotopic (exact) mass is 251 g/mol. The van der Waals surface area contributed by atoms with Crippen LogP contribution in [0.2, 0.25) is 5.02 Å². The molecule has 0 aromatic heterocycles. The Bertz CT molecular complexity index is 511. The predicted octanol–water partition coefficient (Wildman–Crippen LogP) is 4.20. The molecule has 0 aliphatic heterocycles. The molecular weight excluding hydrogens is 243 g/mol. The number of ether oxygens (including phenoxy) is 1. The summed E-state index contributed by atoms with van der Waals surface area (Å²) in [4.78, 5) is 0. The van der Waals surface area contributed by atoms with Crippen LogP contribution in [0, 0.1) is 5.82 Å². The van der Waals surface area contributed by atoms with Gasteiger partial charge in [-0.2, -0.15) is 0 Å². The Kier molecular flexibility index (Phi) is 3.61. The zero-order valence-corrected chi connectivity index (χ0v) is 9.58. The maximum absolute atomic E-state index is 12.7. The lowest BCUT2D eigenvalue weighted by molar-refractivity contribution is 0.177. The van der Waals surface area contributed by atoms with Crippen LogP contribution in [0.4, 0.5) is 4.39 Å². The summed E-state index contributed by atoms with van der Waals surface area (Å²) in [7, 11) is 0. The standard InChI is InChI=1S/C13H9ClFO2/c14-13-7-12(4-1-9(13)8-16)17-11-5-2-10(15)3-6-11/h1-7H,8H2. The fraction of sp³-hybridized carbons (Fsp3) is 0.0769. The van der Waals surface area contributed by atoms with Crippen molar-refractivity contribution >= 4 is 11.6 Å². The van der Waals surface area contributed by atoms with Gasteiger partial charge in [-0.15, -0.1) is 0 Å². The van der Waals surface area contributed by atoms with Crippen LogP contribution in [0.15, 0.2) is 42.5 Å². The van der Waals surface area contributed by atoms with Crippen LogP contribution in [0.1, 0.15) is 5.56 Å². The minimum atomic E-state index is -0.365. The first kappa shape index (κ1) is 11.9. The van der Waals surface area contributed by atoms with E-state index in [9.17, 15) is 9.50 Å². The minimum absolute atomic E-state index is 0.322. The zero-order valence-electron chi connectivity index (χ0n) is 8.82. The predicted molar refractivity (Wildman–Crippen MR) is 62.3 cm³/mol. The smallest absolute Gasteiger partial charge is 0.128 e. The Hall–Kier alpha value is -1.58. The summed E-state index contributed by atoms with van der Waals surface area (Å²) in [6.07, 6.45) is 0. The normalized spacial score (nSPS) is 10.3. The molecule has 0 unspecified atom stereocenters. The molecule has 87 valence electrons. The molecule has 0 atom stereocenters. The van der Waals surface area contributed by atoms with E-state index in [1.807, 2.05) is 0 Å². The van der Waals surface area contributed by atoms with Crippen molar-refractivity contribution in [2.45, 2.75) is 6.61 Å². The second-order valence-electron chi connectivity index (χ2n) is 3.45. The van der Waals surface area contributed by atoms with E-state index < -0.39 is 0 Å². The molecule has 2 nitrogen and oxygen atoms in total. The largest absolute Gasteiger partial charge is 0.457 e. The minimum Gasteiger partial charge on any atom is -0.457 e. The molecule has 2 aromatic carbocycles. The van der Waals surface area contributed by atoms with Crippen LogP contribution < -0.4 is 4.74 Å². The van der Waals surface area contributed by atoms with Crippen molar-refractivity contribution < 1.29 is 14.2 Å². The molecule has 2 aromatic rings. The van der Waals surface area contributed by atoms with Crippen LogP contribution in [0.5, 0.6) is 11.5 Å². The molecule has 4 heteroatoms. The average molecular weight is 252 g/mol. The molecule has 0 spiro atoms. The van der Waals surface area contributed by atoms with Crippen molar-refractivity contribution in [1.82, 2.24) is 0 Å². The lowest BCUT2D eigenvalue weighted by atomic mass is 10.2. The third-order valence-electron chi connectivity index (χ3n) is 2.23. The van der Waals surface area contributed by atoms with Crippen LogP contribution in [-0.4, -0.2) is 0 Å². The highest BCUT2D eigenvalue weighted by molar-refractivity contribution is 6.31. The first-order chi connectivity index (χ1) is 8.19. The Morgan fingerprint density at radius 2 is 1.71 bits per heavy atom. The van der Waals surface area contributed by atoms with Crippen molar-refractivity contribution in [2.75, 3.05) is 0 Å². The highest BCUT2D eigenvalue weighted by Crippen LogP contribution is 2.26. The van der Waals surface area contributed by atoms with Crippen molar-refractivity contribution in [2.24, 2.45) is 0 Å². The Morgan fingerprint density at radius 1 is 1.06 bits per heavy atom. The van der Waals surface area contributed by atoms with E-state index in [1.54, 1.807) is 18.2 Å². The third-order valence-corrected chi connectivity index (χ3v) is 2.58. The lowest BCUT2D eigenvalue weighted by Gasteiger charge is -2.07. The number of benzene rings is 2. The van der Waals surface area contributed by atoms with E-state index in [0.29, 0.717) is 22.1 Å². The van der Waals surface area contributed by atoms with Gasteiger partial charge < -0.3 is 4.74 Å². The summed E-state index contributed by atoms with van der Waals surface area (Å²) in [5, 5.41) is 11.1.